The summed E-state index contributed by atoms with van der Waals surface area (Å²) in [7, 11) is 0. The van der Waals surface area contributed by atoms with Crippen LogP contribution < -0.4 is 5.32 Å². The summed E-state index contributed by atoms with van der Waals surface area (Å²) in [6.07, 6.45) is 1.71. The van der Waals surface area contributed by atoms with Gasteiger partial charge in [0.2, 0.25) is 5.91 Å². The number of unbranched alkanes of at least 4 members (excludes halogenated alkanes) is 1. The highest BCUT2D eigenvalue weighted by Crippen LogP contribution is 2.06. The summed E-state index contributed by atoms with van der Waals surface area (Å²) in [4.78, 5) is 22.7. The molecule has 0 aliphatic heterocycles. The monoisotopic (exact) mass is 259 g/mol. The third kappa shape index (κ3) is 7.27. The van der Waals surface area contributed by atoms with E-state index in [1.54, 1.807) is 6.92 Å². The predicted octanol–water partition coefficient (Wildman–Crippen LogP) is 1.81. The Morgan fingerprint density at radius 2 is 1.89 bits per heavy atom. The van der Waals surface area contributed by atoms with E-state index in [0.717, 1.165) is 12.8 Å². The zero-order valence-electron chi connectivity index (χ0n) is 11.7. The molecule has 18 heavy (non-hydrogen) atoms. The van der Waals surface area contributed by atoms with Crippen molar-refractivity contribution in [2.75, 3.05) is 6.61 Å². The van der Waals surface area contributed by atoms with Crippen LogP contribution in [0.5, 0.6) is 0 Å². The molecule has 1 unspecified atom stereocenters. The molecule has 0 aromatic rings. The molecule has 2 atom stereocenters. The number of hydrogen-bond donors (Lipinski definition) is 2. The molecule has 0 aliphatic rings. The molecule has 106 valence electrons. The van der Waals surface area contributed by atoms with Crippen LogP contribution in [0, 0.1) is 5.92 Å². The Morgan fingerprint density at radius 3 is 2.33 bits per heavy atom. The molecule has 0 radical (unpaired) electrons. The van der Waals surface area contributed by atoms with Crippen LogP contribution in [0.3, 0.4) is 0 Å². The second-order valence-electron chi connectivity index (χ2n) is 4.90. The van der Waals surface area contributed by atoms with Crippen LogP contribution in [0.2, 0.25) is 0 Å². The number of aliphatic carboxylic acids is 1. The van der Waals surface area contributed by atoms with Crippen molar-refractivity contribution in [2.45, 2.75) is 59.1 Å². The van der Waals surface area contributed by atoms with E-state index in [9.17, 15) is 9.59 Å². The molecule has 1 amide bonds. The summed E-state index contributed by atoms with van der Waals surface area (Å²) in [6, 6.07) is -0.838. The highest BCUT2D eigenvalue weighted by atomic mass is 16.5. The number of nitrogens with one attached hydrogen (secondary N) is 1. The number of ether oxygens (including phenoxy) is 1. The lowest BCUT2D eigenvalue weighted by Gasteiger charge is -2.19. The zero-order chi connectivity index (χ0) is 14.1. The first-order chi connectivity index (χ1) is 8.38. The van der Waals surface area contributed by atoms with Gasteiger partial charge in [0.05, 0.1) is 0 Å². The fourth-order valence-electron chi connectivity index (χ4n) is 1.46. The van der Waals surface area contributed by atoms with Crippen LogP contribution in [0.25, 0.3) is 0 Å². The van der Waals surface area contributed by atoms with E-state index in [1.807, 2.05) is 20.8 Å². The minimum absolute atomic E-state index is 0.211. The average molecular weight is 259 g/mol. The fourth-order valence-corrected chi connectivity index (χ4v) is 1.46. The SMILES string of the molecule is CCCCOC(C)C(=O)N[C@H](CC(C)C)C(=O)O. The number of carboxylic acid groups (broad SMARTS) is 1. The van der Waals surface area contributed by atoms with Gasteiger partial charge in [-0.25, -0.2) is 4.79 Å². The number of carboxylic acids is 1. The lowest BCUT2D eigenvalue weighted by atomic mass is 10.0. The first-order valence-electron chi connectivity index (χ1n) is 6.53. The molecule has 0 spiro atoms. The summed E-state index contributed by atoms with van der Waals surface area (Å²) in [5.74, 6) is -1.15. The molecule has 0 aliphatic carbocycles. The molecule has 0 heterocycles. The minimum Gasteiger partial charge on any atom is -0.480 e. The normalized spacial score (nSPS) is 14.3. The molecule has 0 saturated heterocycles. The van der Waals surface area contributed by atoms with Gasteiger partial charge in [0.15, 0.2) is 0 Å². The molecule has 0 bridgehead atoms. The Kier molecular flexibility index (Phi) is 8.37. The lowest BCUT2D eigenvalue weighted by molar-refractivity contribution is -0.144. The van der Waals surface area contributed by atoms with Gasteiger partial charge in [-0.1, -0.05) is 27.2 Å². The number of hydrogen-bond acceptors (Lipinski definition) is 3. The molecule has 0 saturated carbocycles. The van der Waals surface area contributed by atoms with Gasteiger partial charge in [-0.05, 0) is 25.7 Å². The standard InChI is InChI=1S/C13H25NO4/c1-5-6-7-18-10(4)12(15)14-11(13(16)17)8-9(2)3/h9-11H,5-8H2,1-4H3,(H,14,15)(H,16,17)/t10?,11-/m1/s1. The van der Waals surface area contributed by atoms with E-state index in [-0.39, 0.29) is 11.8 Å². The molecule has 0 rings (SSSR count). The molecular weight excluding hydrogens is 234 g/mol. The van der Waals surface area contributed by atoms with Crippen LogP contribution in [0.4, 0.5) is 0 Å². The van der Waals surface area contributed by atoms with Crippen molar-refractivity contribution in [3.05, 3.63) is 0 Å². The number of carbonyl (C=O) groups excluding carboxylic acids is 1. The van der Waals surface area contributed by atoms with Gasteiger partial charge in [0.1, 0.15) is 12.1 Å². The van der Waals surface area contributed by atoms with Crippen LogP contribution in [-0.4, -0.2) is 35.7 Å². The maximum absolute atomic E-state index is 11.7. The Hall–Kier alpha value is -1.10. The van der Waals surface area contributed by atoms with Gasteiger partial charge in [0, 0.05) is 6.61 Å². The predicted molar refractivity (Wildman–Crippen MR) is 69.3 cm³/mol. The van der Waals surface area contributed by atoms with Crippen molar-refractivity contribution in [1.82, 2.24) is 5.32 Å². The second-order valence-corrected chi connectivity index (χ2v) is 4.90. The Labute approximate surface area is 109 Å². The number of amides is 1. The maximum atomic E-state index is 11.7. The maximum Gasteiger partial charge on any atom is 0.326 e. The third-order valence-electron chi connectivity index (χ3n) is 2.56. The van der Waals surface area contributed by atoms with Crippen LogP contribution in [-0.2, 0) is 14.3 Å². The summed E-state index contributed by atoms with van der Waals surface area (Å²) >= 11 is 0. The van der Waals surface area contributed by atoms with Crippen molar-refractivity contribution in [2.24, 2.45) is 5.92 Å². The molecule has 0 aromatic carbocycles. The number of carbonyl (C=O) groups is 2. The van der Waals surface area contributed by atoms with Gasteiger partial charge in [0.25, 0.3) is 0 Å². The van der Waals surface area contributed by atoms with E-state index in [1.165, 1.54) is 0 Å². The molecule has 2 N–H and O–H groups in total. The fraction of sp³-hybridized carbons (Fsp3) is 0.846. The molecule has 0 fully saturated rings. The molecule has 5 heteroatoms. The van der Waals surface area contributed by atoms with Crippen LogP contribution in [0.1, 0.15) is 47.0 Å². The van der Waals surface area contributed by atoms with Crippen LogP contribution >= 0.6 is 0 Å². The molecular formula is C13H25NO4. The van der Waals surface area contributed by atoms with E-state index in [4.69, 9.17) is 9.84 Å². The van der Waals surface area contributed by atoms with E-state index < -0.39 is 18.1 Å². The molecule has 0 aromatic heterocycles. The highest BCUT2D eigenvalue weighted by Gasteiger charge is 2.23. The van der Waals surface area contributed by atoms with Crippen molar-refractivity contribution in [3.8, 4) is 0 Å². The van der Waals surface area contributed by atoms with Gasteiger partial charge in [-0.2, -0.15) is 0 Å². The van der Waals surface area contributed by atoms with Gasteiger partial charge >= 0.3 is 5.97 Å². The summed E-state index contributed by atoms with van der Waals surface area (Å²) in [6.45, 7) is 8.04. The van der Waals surface area contributed by atoms with Gasteiger partial charge in [-0.3, -0.25) is 4.79 Å². The Morgan fingerprint density at radius 1 is 1.28 bits per heavy atom. The third-order valence-corrected chi connectivity index (χ3v) is 2.56. The zero-order valence-corrected chi connectivity index (χ0v) is 11.7. The van der Waals surface area contributed by atoms with E-state index in [0.29, 0.717) is 13.0 Å². The topological polar surface area (TPSA) is 75.6 Å². The average Bonchev–Trinajstić information content (AvgIpc) is 2.27. The van der Waals surface area contributed by atoms with Crippen LogP contribution in [0.15, 0.2) is 0 Å². The van der Waals surface area contributed by atoms with Crippen molar-refractivity contribution >= 4 is 11.9 Å². The minimum atomic E-state index is -1.00. The van der Waals surface area contributed by atoms with E-state index >= 15 is 0 Å². The first-order valence-corrected chi connectivity index (χ1v) is 6.53. The second kappa shape index (κ2) is 8.91. The van der Waals surface area contributed by atoms with Crippen molar-refractivity contribution < 1.29 is 19.4 Å². The highest BCUT2D eigenvalue weighted by molar-refractivity contribution is 5.86. The Bertz CT molecular complexity index is 266. The quantitative estimate of drug-likeness (QED) is 0.619. The van der Waals surface area contributed by atoms with Crippen molar-refractivity contribution in [3.63, 3.8) is 0 Å². The van der Waals surface area contributed by atoms with E-state index in [2.05, 4.69) is 5.32 Å². The Balaban J connectivity index is 4.19. The van der Waals surface area contributed by atoms with Crippen molar-refractivity contribution in [1.29, 1.82) is 0 Å². The number of rotatable bonds is 9. The summed E-state index contributed by atoms with van der Waals surface area (Å²) in [5.41, 5.74) is 0. The van der Waals surface area contributed by atoms with Gasteiger partial charge < -0.3 is 15.2 Å². The molecule has 5 nitrogen and oxygen atoms in total. The van der Waals surface area contributed by atoms with Gasteiger partial charge in [-0.15, -0.1) is 0 Å². The summed E-state index contributed by atoms with van der Waals surface area (Å²) in [5, 5.41) is 11.5. The largest absolute Gasteiger partial charge is 0.480 e. The lowest BCUT2D eigenvalue weighted by Crippen LogP contribution is -2.46. The smallest absolute Gasteiger partial charge is 0.326 e. The first kappa shape index (κ1) is 16.9. The summed E-state index contributed by atoms with van der Waals surface area (Å²) < 4.78 is 5.32.